The number of pyridine rings is 1. The predicted octanol–water partition coefficient (Wildman–Crippen LogP) is 15.2. The van der Waals surface area contributed by atoms with Gasteiger partial charge in [0.05, 0.1) is 22.3 Å². The third-order valence-corrected chi connectivity index (χ3v) is 11.6. The molecule has 0 saturated carbocycles. The van der Waals surface area contributed by atoms with Gasteiger partial charge in [0, 0.05) is 44.0 Å². The molecule has 0 spiro atoms. The molecular weight excluding hydrogens is 926 g/mol. The van der Waals surface area contributed by atoms with Gasteiger partial charge in [-0.2, -0.15) is 0 Å². The second-order valence-corrected chi connectivity index (χ2v) is 17.8. The summed E-state index contributed by atoms with van der Waals surface area (Å²) in [6.45, 7) is 16.5. The molecule has 5 heteroatoms. The van der Waals surface area contributed by atoms with Gasteiger partial charge in [-0.25, -0.2) is 4.98 Å². The summed E-state index contributed by atoms with van der Waals surface area (Å²) in [6, 6.07) is 45.9. The van der Waals surface area contributed by atoms with E-state index in [9.17, 15) is 5.11 Å². The molecule has 0 fully saturated rings. The number of aromatic nitrogens is 3. The molecule has 0 saturated heterocycles. The van der Waals surface area contributed by atoms with Crippen molar-refractivity contribution >= 4 is 11.0 Å². The molecule has 0 amide bonds. The molecule has 6 aromatic carbocycles. The molecule has 0 aliphatic rings. The average molecular weight is 986 g/mol. The number of benzene rings is 6. The van der Waals surface area contributed by atoms with Crippen molar-refractivity contribution in [3.8, 4) is 67.5 Å². The van der Waals surface area contributed by atoms with Gasteiger partial charge >= 0.3 is 0 Å². The van der Waals surface area contributed by atoms with Crippen molar-refractivity contribution in [2.24, 2.45) is 0 Å². The maximum atomic E-state index is 12.2. The molecule has 0 aliphatic carbocycles. The van der Waals surface area contributed by atoms with Gasteiger partial charge in [-0.1, -0.05) is 164 Å². The number of para-hydroxylation sites is 1. The summed E-state index contributed by atoms with van der Waals surface area (Å²) in [5.74, 6) is 0.248. The van der Waals surface area contributed by atoms with E-state index in [1.807, 2.05) is 92.8 Å². The minimum Gasteiger partial charge on any atom is -0.507 e. The van der Waals surface area contributed by atoms with Crippen LogP contribution >= 0.6 is 0 Å². The Balaban J connectivity index is 0.00000630. The smallest absolute Gasteiger partial charge is 0.148 e. The van der Waals surface area contributed by atoms with E-state index < -0.39 is 12.7 Å². The number of phenols is 1. The Hall–Kier alpha value is -5.57. The molecule has 312 valence electrons. The Bertz CT molecular complexity index is 3010. The minimum atomic E-state index is -2.32. The van der Waals surface area contributed by atoms with Crippen molar-refractivity contribution in [1.29, 1.82) is 0 Å². The fourth-order valence-electron chi connectivity index (χ4n) is 7.98. The Morgan fingerprint density at radius 2 is 1.41 bits per heavy atom. The van der Waals surface area contributed by atoms with Crippen LogP contribution in [0.4, 0.5) is 0 Å². The van der Waals surface area contributed by atoms with Crippen LogP contribution in [0.5, 0.6) is 5.75 Å². The summed E-state index contributed by atoms with van der Waals surface area (Å²) in [5, 5.41) is 12.2. The summed E-state index contributed by atoms with van der Waals surface area (Å²) in [5.41, 5.74) is 13.8. The summed E-state index contributed by atoms with van der Waals surface area (Å²) < 4.78 is 35.6. The molecule has 0 radical (unpaired) electrons. The summed E-state index contributed by atoms with van der Waals surface area (Å²) in [7, 11) is 0. The van der Waals surface area contributed by atoms with Crippen molar-refractivity contribution < 1.29 is 31.7 Å². The van der Waals surface area contributed by atoms with E-state index in [0.29, 0.717) is 16.9 Å². The van der Waals surface area contributed by atoms with Crippen LogP contribution in [0.1, 0.15) is 113 Å². The molecule has 8 aromatic rings. The second kappa shape index (κ2) is 17.4. The van der Waals surface area contributed by atoms with E-state index >= 15 is 0 Å². The third kappa shape index (κ3) is 8.66. The Morgan fingerprint density at radius 1 is 0.672 bits per heavy atom. The van der Waals surface area contributed by atoms with Crippen LogP contribution in [-0.2, 0) is 26.5 Å². The first-order valence-electron chi connectivity index (χ1n) is 22.9. The van der Waals surface area contributed by atoms with Crippen molar-refractivity contribution in [1.82, 2.24) is 14.5 Å². The van der Waals surface area contributed by atoms with Crippen molar-refractivity contribution in [3.63, 3.8) is 0 Å². The number of aryl methyl sites for hydroxylation is 1. The zero-order chi connectivity index (χ0) is 45.9. The van der Waals surface area contributed by atoms with Gasteiger partial charge in [0.15, 0.2) is 0 Å². The topological polar surface area (TPSA) is 50.9 Å². The van der Waals surface area contributed by atoms with Crippen LogP contribution in [0.2, 0.25) is 0 Å². The first-order chi connectivity index (χ1) is 30.2. The summed E-state index contributed by atoms with van der Waals surface area (Å²) in [6.07, 6.45) is 1.84. The number of nitrogens with zero attached hydrogens (tertiary/aromatic N) is 3. The number of hydrogen-bond acceptors (Lipinski definition) is 3. The Labute approximate surface area is 382 Å². The fourth-order valence-corrected chi connectivity index (χ4v) is 7.98. The van der Waals surface area contributed by atoms with E-state index in [1.165, 1.54) is 0 Å². The zero-order valence-corrected chi connectivity index (χ0v) is 38.7. The summed E-state index contributed by atoms with van der Waals surface area (Å²) >= 11 is 0. The second-order valence-electron chi connectivity index (χ2n) is 17.8. The number of phenolic OH excluding ortho intramolecular Hbond substituents is 1. The maximum Gasteiger partial charge on any atom is 0.148 e. The zero-order valence-electron chi connectivity index (χ0n) is 40.5. The molecule has 1 N–H and O–H groups in total. The van der Waals surface area contributed by atoms with E-state index in [1.54, 1.807) is 12.1 Å². The number of rotatable bonds is 9. The number of aromatic hydroxyl groups is 1. The minimum absolute atomic E-state index is 0. The molecule has 0 atom stereocenters. The number of imidazole rings is 1. The van der Waals surface area contributed by atoms with Crippen LogP contribution in [0.25, 0.3) is 72.7 Å². The molecule has 0 aliphatic heterocycles. The van der Waals surface area contributed by atoms with E-state index in [4.69, 9.17) is 15.5 Å². The fraction of sp³-hybridized carbons (Fsp3) is 0.250. The van der Waals surface area contributed by atoms with Crippen LogP contribution in [-0.4, -0.2) is 19.6 Å². The Morgan fingerprint density at radius 3 is 2.08 bits per heavy atom. The van der Waals surface area contributed by atoms with Crippen molar-refractivity contribution in [2.75, 3.05) is 0 Å². The van der Waals surface area contributed by atoms with Gasteiger partial charge in [0.25, 0.3) is 0 Å². The molecule has 2 heterocycles. The SMILES string of the molecule is [2H]C([2H])([2H])c1ccc(-n2c(-c3cc(C(C)C)cc(C(C)C)c3O)nc3c(-c4[c-]c(-c5cc(-c6ccc(C([2H])(C)C)cc6)ccn5)cc(C(C)(C)C)c4)cccc32)c(-c2ccccc2)c1.[Pt]. The first-order valence-corrected chi connectivity index (χ1v) is 20.9. The van der Waals surface area contributed by atoms with Crippen LogP contribution in [0.15, 0.2) is 134 Å². The normalized spacial score (nSPS) is 13.2. The monoisotopic (exact) mass is 985 g/mol. The van der Waals surface area contributed by atoms with Crippen LogP contribution < -0.4 is 0 Å². The molecule has 0 unspecified atom stereocenters. The van der Waals surface area contributed by atoms with Crippen molar-refractivity contribution in [3.05, 3.63) is 167 Å². The van der Waals surface area contributed by atoms with Gasteiger partial charge in [0.2, 0.25) is 0 Å². The van der Waals surface area contributed by atoms with Gasteiger partial charge < -0.3 is 5.11 Å². The average Bonchev–Trinajstić information content (AvgIpc) is 3.65. The predicted molar refractivity (Wildman–Crippen MR) is 252 cm³/mol. The largest absolute Gasteiger partial charge is 0.507 e. The number of hydrogen-bond donors (Lipinski definition) is 1. The molecule has 4 nitrogen and oxygen atoms in total. The maximum absolute atomic E-state index is 12.2. The number of fused-ring (bicyclic) bond motifs is 1. The molecule has 61 heavy (non-hydrogen) atoms. The van der Waals surface area contributed by atoms with Gasteiger partial charge in [0.1, 0.15) is 11.6 Å². The Kier molecular flexibility index (Phi) is 11.0. The molecule has 8 rings (SSSR count). The quantitative estimate of drug-likeness (QED) is 0.147. The van der Waals surface area contributed by atoms with Gasteiger partial charge in [-0.3, -0.25) is 9.55 Å². The standard InChI is InChI=1S/C56H56N3O.Pt/c1-34(2)38-20-22-39(23-21-38)41-25-26-57-50(33-41)44-28-43(29-45(30-44)56(8,9)10)46-17-14-18-52-53(46)58-55(49-32-42(35(3)4)31-47(36(5)6)54(49)60)59(52)51-24-19-37(7)27-48(51)40-15-12-11-13-16-40;/h11-27,29-36,60H,1-10H3;/q-1;/i7D3,34D;. The van der Waals surface area contributed by atoms with Crippen LogP contribution in [0.3, 0.4) is 0 Å². The van der Waals surface area contributed by atoms with Crippen LogP contribution in [0, 0.1) is 12.9 Å². The summed E-state index contributed by atoms with van der Waals surface area (Å²) in [4.78, 5) is 10.4. The van der Waals surface area contributed by atoms with Gasteiger partial charge in [-0.15, -0.1) is 29.3 Å². The molecule has 0 bridgehead atoms. The van der Waals surface area contributed by atoms with E-state index in [-0.39, 0.29) is 49.6 Å². The van der Waals surface area contributed by atoms with E-state index in [0.717, 1.165) is 78.1 Å². The third-order valence-electron chi connectivity index (χ3n) is 11.6. The van der Waals surface area contributed by atoms with Gasteiger partial charge in [-0.05, 0) is 93.7 Å². The van der Waals surface area contributed by atoms with E-state index in [2.05, 4.69) is 102 Å². The first kappa shape index (κ1) is 38.4. The van der Waals surface area contributed by atoms with Crippen molar-refractivity contribution in [2.45, 2.75) is 92.3 Å². The molecular formula is C56H56N3OPt-. The molecule has 2 aromatic heterocycles.